The number of aryl methyl sites for hydroxylation is 1. The van der Waals surface area contributed by atoms with Gasteiger partial charge in [-0.3, -0.25) is 0 Å². The summed E-state index contributed by atoms with van der Waals surface area (Å²) in [5.41, 5.74) is 2.63. The van der Waals surface area contributed by atoms with E-state index in [0.717, 1.165) is 48.8 Å². The van der Waals surface area contributed by atoms with Gasteiger partial charge in [0.15, 0.2) is 11.5 Å². The molecule has 1 saturated heterocycles. The molecular weight excluding hydrogens is 290 g/mol. The lowest BCUT2D eigenvalue weighted by molar-refractivity contribution is 0.522. The molecule has 1 aliphatic heterocycles. The number of imidazole rings is 1. The van der Waals surface area contributed by atoms with Gasteiger partial charge in [0, 0.05) is 24.8 Å². The molecule has 4 heterocycles. The minimum Gasteiger partial charge on any atom is -0.365 e. The van der Waals surface area contributed by atoms with E-state index >= 15 is 0 Å². The Hall–Kier alpha value is -2.70. The van der Waals surface area contributed by atoms with Crippen molar-refractivity contribution in [2.45, 2.75) is 25.8 Å². The van der Waals surface area contributed by atoms with Gasteiger partial charge in [-0.25, -0.2) is 19.9 Å². The van der Waals surface area contributed by atoms with Crippen LogP contribution in [-0.4, -0.2) is 44.1 Å². The highest BCUT2D eigenvalue weighted by Crippen LogP contribution is 2.22. The van der Waals surface area contributed by atoms with Crippen molar-refractivity contribution in [1.82, 2.24) is 24.9 Å². The Labute approximate surface area is 134 Å². The van der Waals surface area contributed by atoms with Gasteiger partial charge in [0.1, 0.15) is 17.7 Å². The molecule has 0 atom stereocenters. The number of hydrogen-bond acceptors (Lipinski definition) is 6. The number of anilines is 2. The predicted octanol–water partition coefficient (Wildman–Crippen LogP) is 2.14. The van der Waals surface area contributed by atoms with Crippen LogP contribution >= 0.6 is 0 Å². The molecular formula is C16H19N7. The lowest BCUT2D eigenvalue weighted by Gasteiger charge is -2.33. The first-order valence-corrected chi connectivity index (χ1v) is 7.89. The molecule has 0 bridgehead atoms. The second-order valence-electron chi connectivity index (χ2n) is 5.87. The second-order valence-corrected chi connectivity index (χ2v) is 5.87. The predicted molar refractivity (Wildman–Crippen MR) is 89.5 cm³/mol. The van der Waals surface area contributed by atoms with Crippen molar-refractivity contribution in [2.75, 3.05) is 23.3 Å². The van der Waals surface area contributed by atoms with Crippen molar-refractivity contribution in [3.8, 4) is 0 Å². The molecule has 0 unspecified atom stereocenters. The first kappa shape index (κ1) is 13.9. The molecule has 4 rings (SSSR count). The van der Waals surface area contributed by atoms with E-state index < -0.39 is 0 Å². The number of fused-ring (bicyclic) bond motifs is 1. The van der Waals surface area contributed by atoms with Gasteiger partial charge >= 0.3 is 0 Å². The van der Waals surface area contributed by atoms with Crippen molar-refractivity contribution in [3.63, 3.8) is 0 Å². The Kier molecular flexibility index (Phi) is 3.53. The number of pyridine rings is 1. The van der Waals surface area contributed by atoms with E-state index in [1.165, 1.54) is 0 Å². The van der Waals surface area contributed by atoms with Gasteiger partial charge in [0.2, 0.25) is 0 Å². The van der Waals surface area contributed by atoms with E-state index in [4.69, 9.17) is 0 Å². The molecule has 0 radical (unpaired) electrons. The van der Waals surface area contributed by atoms with Gasteiger partial charge in [-0.2, -0.15) is 0 Å². The van der Waals surface area contributed by atoms with Crippen LogP contribution in [0.5, 0.6) is 0 Å². The molecule has 7 nitrogen and oxygen atoms in total. The van der Waals surface area contributed by atoms with Gasteiger partial charge in [0.05, 0.1) is 6.33 Å². The maximum absolute atomic E-state index is 4.61. The number of aromatic nitrogens is 5. The Morgan fingerprint density at radius 1 is 1.17 bits per heavy atom. The molecule has 7 heteroatoms. The summed E-state index contributed by atoms with van der Waals surface area (Å²) in [6, 6.07) is 6.58. The van der Waals surface area contributed by atoms with Crippen molar-refractivity contribution in [2.24, 2.45) is 0 Å². The Morgan fingerprint density at radius 2 is 2.04 bits per heavy atom. The molecule has 2 N–H and O–H groups in total. The van der Waals surface area contributed by atoms with Crippen LogP contribution in [0.25, 0.3) is 11.2 Å². The average molecular weight is 309 g/mol. The zero-order valence-corrected chi connectivity index (χ0v) is 13.0. The van der Waals surface area contributed by atoms with Crippen LogP contribution in [0.4, 0.5) is 11.6 Å². The van der Waals surface area contributed by atoms with Gasteiger partial charge < -0.3 is 15.2 Å². The second kappa shape index (κ2) is 5.83. The number of piperidine rings is 1. The minimum atomic E-state index is 0.400. The van der Waals surface area contributed by atoms with Gasteiger partial charge in [-0.05, 0) is 31.9 Å². The van der Waals surface area contributed by atoms with E-state index in [2.05, 4.69) is 47.3 Å². The highest BCUT2D eigenvalue weighted by atomic mass is 15.2. The fourth-order valence-electron chi connectivity index (χ4n) is 3.03. The minimum absolute atomic E-state index is 0.400. The molecule has 23 heavy (non-hydrogen) atoms. The third-order valence-electron chi connectivity index (χ3n) is 4.26. The summed E-state index contributed by atoms with van der Waals surface area (Å²) in [5, 5.41) is 3.52. The highest BCUT2D eigenvalue weighted by molar-refractivity contribution is 5.82. The smallest absolute Gasteiger partial charge is 0.182 e. The number of nitrogens with one attached hydrogen (secondary N) is 2. The van der Waals surface area contributed by atoms with Crippen LogP contribution in [0.3, 0.4) is 0 Å². The third-order valence-corrected chi connectivity index (χ3v) is 4.26. The largest absolute Gasteiger partial charge is 0.365 e. The summed E-state index contributed by atoms with van der Waals surface area (Å²) < 4.78 is 0. The van der Waals surface area contributed by atoms with E-state index in [0.29, 0.717) is 11.7 Å². The van der Waals surface area contributed by atoms with E-state index in [-0.39, 0.29) is 0 Å². The molecule has 0 aromatic carbocycles. The van der Waals surface area contributed by atoms with Crippen LogP contribution in [0.1, 0.15) is 18.5 Å². The topological polar surface area (TPSA) is 82.6 Å². The van der Waals surface area contributed by atoms with Crippen molar-refractivity contribution < 1.29 is 0 Å². The highest BCUT2D eigenvalue weighted by Gasteiger charge is 2.21. The third kappa shape index (κ3) is 2.81. The monoisotopic (exact) mass is 309 g/mol. The lowest BCUT2D eigenvalue weighted by atomic mass is 10.0. The van der Waals surface area contributed by atoms with Crippen LogP contribution in [0.2, 0.25) is 0 Å². The molecule has 3 aromatic rings. The van der Waals surface area contributed by atoms with Gasteiger partial charge in [-0.15, -0.1) is 0 Å². The van der Waals surface area contributed by atoms with Crippen LogP contribution in [0.15, 0.2) is 30.9 Å². The molecule has 1 fully saturated rings. The van der Waals surface area contributed by atoms with E-state index in [9.17, 15) is 0 Å². The standard InChI is InChI=1S/C16H19N7/c1-11-3-2-4-13(21-11)23-7-5-12(6-8-23)22-16-14-15(18-9-17-14)19-10-20-16/h2-4,9-10,12H,5-8H2,1H3,(H2,17,18,19,20,22). The molecule has 0 spiro atoms. The first-order valence-electron chi connectivity index (χ1n) is 7.89. The maximum Gasteiger partial charge on any atom is 0.182 e. The molecule has 0 aliphatic carbocycles. The number of nitrogens with zero attached hydrogens (tertiary/aromatic N) is 5. The summed E-state index contributed by atoms with van der Waals surface area (Å²) in [7, 11) is 0. The Morgan fingerprint density at radius 3 is 2.87 bits per heavy atom. The fraction of sp³-hybridized carbons (Fsp3) is 0.375. The number of H-pyrrole nitrogens is 1. The van der Waals surface area contributed by atoms with Crippen LogP contribution < -0.4 is 10.2 Å². The number of rotatable bonds is 3. The van der Waals surface area contributed by atoms with Crippen LogP contribution in [0, 0.1) is 6.92 Å². The quantitative estimate of drug-likeness (QED) is 0.771. The number of aromatic amines is 1. The molecule has 1 aliphatic rings. The molecule has 0 amide bonds. The number of hydrogen-bond donors (Lipinski definition) is 2. The van der Waals surface area contributed by atoms with Gasteiger partial charge in [0.25, 0.3) is 0 Å². The van der Waals surface area contributed by atoms with E-state index in [1.807, 2.05) is 13.0 Å². The fourth-order valence-corrected chi connectivity index (χ4v) is 3.03. The van der Waals surface area contributed by atoms with Gasteiger partial charge in [-0.1, -0.05) is 6.07 Å². The molecule has 0 saturated carbocycles. The summed E-state index contributed by atoms with van der Waals surface area (Å²) in [4.78, 5) is 22.7. The Bertz CT molecular complexity index is 805. The summed E-state index contributed by atoms with van der Waals surface area (Å²) >= 11 is 0. The maximum atomic E-state index is 4.61. The average Bonchev–Trinajstić information content (AvgIpc) is 3.05. The summed E-state index contributed by atoms with van der Waals surface area (Å²) in [6.07, 6.45) is 5.30. The SMILES string of the molecule is Cc1cccc(N2CCC(Nc3ncnc4nc[nH]c34)CC2)n1. The first-order chi connectivity index (χ1) is 11.3. The molecule has 3 aromatic heterocycles. The summed E-state index contributed by atoms with van der Waals surface area (Å²) in [6.45, 7) is 4.01. The van der Waals surface area contributed by atoms with Crippen molar-refractivity contribution in [3.05, 3.63) is 36.5 Å². The van der Waals surface area contributed by atoms with Crippen molar-refractivity contribution in [1.29, 1.82) is 0 Å². The zero-order valence-electron chi connectivity index (χ0n) is 13.0. The van der Waals surface area contributed by atoms with E-state index in [1.54, 1.807) is 12.7 Å². The van der Waals surface area contributed by atoms with Crippen molar-refractivity contribution >= 4 is 22.8 Å². The normalized spacial score (nSPS) is 16.0. The molecule has 118 valence electrons. The van der Waals surface area contributed by atoms with Crippen LogP contribution in [-0.2, 0) is 0 Å². The summed E-state index contributed by atoms with van der Waals surface area (Å²) in [5.74, 6) is 1.90. The zero-order chi connectivity index (χ0) is 15.6. The lowest BCUT2D eigenvalue weighted by Crippen LogP contribution is -2.39. The Balaban J connectivity index is 1.43.